The van der Waals surface area contributed by atoms with Crippen LogP contribution in [0.15, 0.2) is 12.1 Å². The van der Waals surface area contributed by atoms with Gasteiger partial charge in [-0.25, -0.2) is 4.39 Å². The minimum absolute atomic E-state index is 0. The molecule has 1 fully saturated rings. The van der Waals surface area contributed by atoms with E-state index in [9.17, 15) is 9.18 Å². The predicted molar refractivity (Wildman–Crippen MR) is 83.9 cm³/mol. The van der Waals surface area contributed by atoms with E-state index < -0.39 is 0 Å². The van der Waals surface area contributed by atoms with Crippen LogP contribution in [0.1, 0.15) is 30.9 Å². The molecular formula is C17H26FN2OY+. The fraction of sp³-hybridized carbons (Fsp3) is 0.588. The number of halogens is 1. The Kier molecular flexibility index (Phi) is 6.73. The normalized spacial score (nSPS) is 19.1. The molecule has 1 saturated heterocycles. The van der Waals surface area contributed by atoms with Gasteiger partial charge in [0.1, 0.15) is 5.82 Å². The number of carbonyl (C=O) groups is 1. The van der Waals surface area contributed by atoms with Gasteiger partial charge in [0.15, 0.2) is 6.04 Å². The maximum Gasteiger partial charge on any atom is 0.285 e. The molecule has 5 heteroatoms. The number of carbonyl (C=O) groups excluding carboxylic acids is 1. The molecule has 119 valence electrons. The molecule has 1 radical (unpaired) electrons. The van der Waals surface area contributed by atoms with E-state index in [1.807, 2.05) is 18.7 Å². The quantitative estimate of drug-likeness (QED) is 0.736. The first-order valence-corrected chi connectivity index (χ1v) is 7.68. The Labute approximate surface area is 158 Å². The summed E-state index contributed by atoms with van der Waals surface area (Å²) in [5, 5.41) is 0. The van der Waals surface area contributed by atoms with Gasteiger partial charge in [-0.1, -0.05) is 0 Å². The van der Waals surface area contributed by atoms with Crippen LogP contribution in [-0.2, 0) is 37.5 Å². The van der Waals surface area contributed by atoms with E-state index in [4.69, 9.17) is 0 Å². The zero-order chi connectivity index (χ0) is 15.8. The van der Waals surface area contributed by atoms with Crippen LogP contribution < -0.4 is 4.90 Å². The van der Waals surface area contributed by atoms with Gasteiger partial charge in [0.05, 0.1) is 20.6 Å². The molecule has 1 unspecified atom stereocenters. The van der Waals surface area contributed by atoms with E-state index in [1.165, 1.54) is 12.1 Å². The third kappa shape index (κ3) is 3.77. The van der Waals surface area contributed by atoms with Crippen molar-refractivity contribution in [2.75, 3.05) is 32.1 Å². The van der Waals surface area contributed by atoms with Gasteiger partial charge in [0, 0.05) is 51.4 Å². The van der Waals surface area contributed by atoms with Crippen LogP contribution in [0, 0.1) is 19.7 Å². The van der Waals surface area contributed by atoms with Crippen LogP contribution in [0.3, 0.4) is 0 Å². The van der Waals surface area contributed by atoms with E-state index in [-0.39, 0.29) is 50.5 Å². The van der Waals surface area contributed by atoms with Crippen LogP contribution in [0.4, 0.5) is 10.1 Å². The fourth-order valence-corrected chi connectivity index (χ4v) is 3.28. The number of hydrogen-bond donors (Lipinski definition) is 0. The molecule has 3 nitrogen and oxygen atoms in total. The standard InChI is InChI=1S/C17H26FN2O.Y/c1-6-20(4,5)15-8-7-9-19(17(15)21)16-12(2)10-14(18)11-13(16)3;/h10-11,15H,6-9H2,1-5H3;/q+1;. The van der Waals surface area contributed by atoms with Gasteiger partial charge in [0.2, 0.25) is 0 Å². The average Bonchev–Trinajstić information content (AvgIpc) is 2.39. The zero-order valence-corrected chi connectivity index (χ0v) is 17.2. The van der Waals surface area contributed by atoms with Crippen LogP contribution >= 0.6 is 0 Å². The molecule has 0 bridgehead atoms. The average molecular weight is 382 g/mol. The molecule has 1 aromatic rings. The smallest absolute Gasteiger partial charge is 0.285 e. The summed E-state index contributed by atoms with van der Waals surface area (Å²) < 4.78 is 14.2. The molecule has 1 heterocycles. The minimum Gasteiger partial charge on any atom is -0.318 e. The van der Waals surface area contributed by atoms with Crippen LogP contribution in [0.25, 0.3) is 0 Å². The number of amides is 1. The van der Waals surface area contributed by atoms with Crippen LogP contribution in [-0.4, -0.2) is 43.6 Å². The molecule has 0 aromatic heterocycles. The van der Waals surface area contributed by atoms with Crippen molar-refractivity contribution < 1.29 is 46.4 Å². The van der Waals surface area contributed by atoms with Gasteiger partial charge < -0.3 is 9.38 Å². The summed E-state index contributed by atoms with van der Waals surface area (Å²) in [7, 11) is 4.22. The van der Waals surface area contributed by atoms with E-state index >= 15 is 0 Å². The third-order valence-electron chi connectivity index (χ3n) is 4.79. The second-order valence-corrected chi connectivity index (χ2v) is 6.63. The maximum absolute atomic E-state index is 13.5. The Morgan fingerprint density at radius 1 is 1.27 bits per heavy atom. The second-order valence-electron chi connectivity index (χ2n) is 6.63. The van der Waals surface area contributed by atoms with E-state index in [0.717, 1.165) is 42.7 Å². The zero-order valence-electron chi connectivity index (χ0n) is 14.3. The molecule has 2 rings (SSSR count). The second kappa shape index (κ2) is 7.50. The number of rotatable bonds is 3. The Morgan fingerprint density at radius 2 is 1.82 bits per heavy atom. The van der Waals surface area contributed by atoms with Crippen molar-refractivity contribution in [1.82, 2.24) is 0 Å². The van der Waals surface area contributed by atoms with E-state index in [0.29, 0.717) is 4.48 Å². The largest absolute Gasteiger partial charge is 0.318 e. The van der Waals surface area contributed by atoms with Gasteiger partial charge in [-0.05, 0) is 50.5 Å². The van der Waals surface area contributed by atoms with Crippen molar-refractivity contribution >= 4 is 11.6 Å². The molecule has 0 saturated carbocycles. The Hall–Kier alpha value is -0.316. The van der Waals surface area contributed by atoms with E-state index in [1.54, 1.807) is 0 Å². The number of benzene rings is 1. The number of quaternary nitrogens is 1. The molecule has 0 N–H and O–H groups in total. The number of aryl methyl sites for hydroxylation is 2. The summed E-state index contributed by atoms with van der Waals surface area (Å²) in [6.45, 7) is 7.52. The third-order valence-corrected chi connectivity index (χ3v) is 4.79. The van der Waals surface area contributed by atoms with Gasteiger partial charge in [-0.15, -0.1) is 0 Å². The first-order chi connectivity index (χ1) is 9.77. The number of nitrogens with zero attached hydrogens (tertiary/aromatic N) is 2. The molecule has 1 aliphatic rings. The summed E-state index contributed by atoms with van der Waals surface area (Å²) in [4.78, 5) is 14.8. The summed E-state index contributed by atoms with van der Waals surface area (Å²) >= 11 is 0. The van der Waals surface area contributed by atoms with Crippen molar-refractivity contribution in [3.8, 4) is 0 Å². The van der Waals surface area contributed by atoms with Crippen LogP contribution in [0.5, 0.6) is 0 Å². The Morgan fingerprint density at radius 3 is 2.32 bits per heavy atom. The molecule has 0 spiro atoms. The number of hydrogen-bond acceptors (Lipinski definition) is 1. The first-order valence-electron chi connectivity index (χ1n) is 7.68. The molecule has 1 atom stereocenters. The van der Waals surface area contributed by atoms with Crippen molar-refractivity contribution in [1.29, 1.82) is 0 Å². The number of piperidine rings is 1. The Bertz CT molecular complexity index is 537. The molecule has 1 aromatic carbocycles. The van der Waals surface area contributed by atoms with Crippen molar-refractivity contribution in [3.05, 3.63) is 29.1 Å². The summed E-state index contributed by atoms with van der Waals surface area (Å²) in [5.74, 6) is -0.0645. The fourth-order valence-electron chi connectivity index (χ4n) is 3.28. The van der Waals surface area contributed by atoms with Crippen molar-refractivity contribution in [2.45, 2.75) is 39.7 Å². The van der Waals surface area contributed by atoms with Crippen molar-refractivity contribution in [2.24, 2.45) is 0 Å². The van der Waals surface area contributed by atoms with Gasteiger partial charge in [-0.3, -0.25) is 4.79 Å². The molecule has 22 heavy (non-hydrogen) atoms. The predicted octanol–water partition coefficient (Wildman–Crippen LogP) is 3.03. The minimum atomic E-state index is -0.237. The Balaban J connectivity index is 0.00000242. The van der Waals surface area contributed by atoms with Crippen LogP contribution in [0.2, 0.25) is 0 Å². The summed E-state index contributed by atoms with van der Waals surface area (Å²) in [5.41, 5.74) is 2.56. The molecule has 1 aliphatic heterocycles. The first kappa shape index (κ1) is 19.7. The monoisotopic (exact) mass is 382 g/mol. The molecular weight excluding hydrogens is 356 g/mol. The number of likely N-dealkylation sites (N-methyl/N-ethyl adjacent to an activating group) is 1. The molecule has 1 amide bonds. The van der Waals surface area contributed by atoms with Gasteiger partial charge in [-0.2, -0.15) is 0 Å². The SMILES string of the molecule is CC[N+](C)(C)C1CCCN(c2c(C)cc(F)cc2C)C1=O.[Y]. The topological polar surface area (TPSA) is 20.3 Å². The summed E-state index contributed by atoms with van der Waals surface area (Å²) in [6.07, 6.45) is 1.92. The maximum atomic E-state index is 13.5. The van der Waals surface area contributed by atoms with Gasteiger partial charge >= 0.3 is 0 Å². The number of anilines is 1. The van der Waals surface area contributed by atoms with E-state index in [2.05, 4.69) is 21.0 Å². The summed E-state index contributed by atoms with van der Waals surface area (Å²) in [6, 6.07) is 3.02. The van der Waals surface area contributed by atoms with Gasteiger partial charge in [0.25, 0.3) is 5.91 Å². The molecule has 0 aliphatic carbocycles. The van der Waals surface area contributed by atoms with Crippen molar-refractivity contribution in [3.63, 3.8) is 0 Å².